The standard InChI is InChI=1S/C67H129NO10/c1-3-5-7-9-11-13-14-31-35-39-43-47-51-55-63(72)76-56-52-48-44-40-36-33-30-28-26-24-22-20-18-16-15-17-19-21-23-25-27-29-32-34-38-42-46-50-54-62(71)68-59(60(70)53-49-45-41-37-12-10-8-6-4-2)58-77-67-66(75)65(74)64(73)61(57-69)78-67/h49,53,59-61,64-67,69-70,73-75H,3-48,50-52,54-58H2,1-2H3,(H,68,71)/b53-49+. The van der Waals surface area contributed by atoms with Crippen LogP contribution in [0.15, 0.2) is 12.2 Å². The number of hydrogen-bond donors (Lipinski definition) is 6. The zero-order chi connectivity index (χ0) is 56.6. The van der Waals surface area contributed by atoms with Gasteiger partial charge in [0.2, 0.25) is 5.91 Å². The Morgan fingerprint density at radius 1 is 0.462 bits per heavy atom. The van der Waals surface area contributed by atoms with Crippen LogP contribution in [-0.2, 0) is 23.8 Å². The van der Waals surface area contributed by atoms with Crippen LogP contribution >= 0.6 is 0 Å². The lowest BCUT2D eigenvalue weighted by Crippen LogP contribution is -2.60. The number of aliphatic hydroxyl groups is 5. The highest BCUT2D eigenvalue weighted by atomic mass is 16.7. The van der Waals surface area contributed by atoms with Crippen molar-refractivity contribution in [1.29, 1.82) is 0 Å². The fraction of sp³-hybridized carbons (Fsp3) is 0.940. The molecule has 1 saturated heterocycles. The molecule has 1 amide bonds. The number of esters is 1. The topological polar surface area (TPSA) is 175 Å². The third-order valence-corrected chi connectivity index (χ3v) is 16.4. The summed E-state index contributed by atoms with van der Waals surface area (Å²) in [6, 6.07) is -0.805. The van der Waals surface area contributed by atoms with E-state index in [1.807, 2.05) is 6.08 Å². The lowest BCUT2D eigenvalue weighted by atomic mass is 9.99. The van der Waals surface area contributed by atoms with Gasteiger partial charge in [0.15, 0.2) is 6.29 Å². The second-order valence-corrected chi connectivity index (χ2v) is 23.9. The van der Waals surface area contributed by atoms with Gasteiger partial charge in [0.05, 0.1) is 32.0 Å². The van der Waals surface area contributed by atoms with E-state index in [0.717, 1.165) is 51.4 Å². The number of nitrogens with one attached hydrogen (secondary N) is 1. The summed E-state index contributed by atoms with van der Waals surface area (Å²) in [7, 11) is 0. The highest BCUT2D eigenvalue weighted by Gasteiger charge is 2.44. The van der Waals surface area contributed by atoms with Gasteiger partial charge in [-0.15, -0.1) is 0 Å². The predicted octanol–water partition coefficient (Wildman–Crippen LogP) is 16.7. The highest BCUT2D eigenvalue weighted by molar-refractivity contribution is 5.76. The molecule has 7 unspecified atom stereocenters. The number of carbonyl (C=O) groups excluding carboxylic acids is 2. The summed E-state index contributed by atoms with van der Waals surface area (Å²) < 4.78 is 16.7. The summed E-state index contributed by atoms with van der Waals surface area (Å²) in [4.78, 5) is 25.1. The second-order valence-electron chi connectivity index (χ2n) is 23.9. The molecule has 0 saturated carbocycles. The number of rotatable bonds is 60. The third-order valence-electron chi connectivity index (χ3n) is 16.4. The van der Waals surface area contributed by atoms with Crippen LogP contribution < -0.4 is 5.32 Å². The van der Waals surface area contributed by atoms with Crippen molar-refractivity contribution < 1.29 is 49.3 Å². The number of allylic oxidation sites excluding steroid dienone is 1. The van der Waals surface area contributed by atoms with E-state index in [4.69, 9.17) is 14.2 Å². The first-order chi connectivity index (χ1) is 38.2. The van der Waals surface area contributed by atoms with E-state index in [1.165, 1.54) is 263 Å². The Balaban J connectivity index is 1.92. The quantitative estimate of drug-likeness (QED) is 0.0195. The Kier molecular flexibility index (Phi) is 54.6. The summed E-state index contributed by atoms with van der Waals surface area (Å²) in [6.07, 6.45) is 59.2. The first-order valence-corrected chi connectivity index (χ1v) is 34.0. The predicted molar refractivity (Wildman–Crippen MR) is 325 cm³/mol. The average molecular weight is 1110 g/mol. The maximum atomic E-state index is 13.0. The maximum absolute atomic E-state index is 13.0. The Labute approximate surface area is 480 Å². The molecule has 1 rings (SSSR count). The minimum atomic E-state index is -1.57. The van der Waals surface area contributed by atoms with Crippen molar-refractivity contribution in [1.82, 2.24) is 5.32 Å². The highest BCUT2D eigenvalue weighted by Crippen LogP contribution is 2.23. The number of ether oxygens (including phenoxy) is 3. The molecule has 1 fully saturated rings. The van der Waals surface area contributed by atoms with Gasteiger partial charge in [0, 0.05) is 12.8 Å². The van der Waals surface area contributed by atoms with Crippen molar-refractivity contribution in [3.63, 3.8) is 0 Å². The van der Waals surface area contributed by atoms with Crippen LogP contribution in [0.5, 0.6) is 0 Å². The molecule has 0 spiro atoms. The minimum Gasteiger partial charge on any atom is -0.466 e. The molecule has 1 aliphatic heterocycles. The molecular formula is C67H129NO10. The van der Waals surface area contributed by atoms with E-state index in [9.17, 15) is 35.1 Å². The SMILES string of the molecule is CCCCCCCCC/C=C/C(O)C(COC1OC(CO)C(O)C(O)C1O)NC(=O)CCCCCCCCCCCCCCCCCCCCCCCCCCCCCCOC(=O)CCCCCCCCCCCCCCC. The molecule has 11 heteroatoms. The Morgan fingerprint density at radius 3 is 1.19 bits per heavy atom. The van der Waals surface area contributed by atoms with Crippen LogP contribution in [0.25, 0.3) is 0 Å². The van der Waals surface area contributed by atoms with E-state index >= 15 is 0 Å². The van der Waals surface area contributed by atoms with Crippen molar-refractivity contribution in [3.8, 4) is 0 Å². The molecule has 0 aliphatic carbocycles. The van der Waals surface area contributed by atoms with Gasteiger partial charge >= 0.3 is 5.97 Å². The summed E-state index contributed by atoms with van der Waals surface area (Å²) in [6.45, 7) is 4.35. The second kappa shape index (κ2) is 57.2. The average Bonchev–Trinajstić information content (AvgIpc) is 3.44. The summed E-state index contributed by atoms with van der Waals surface area (Å²) in [5.74, 6) is -0.167. The van der Waals surface area contributed by atoms with Gasteiger partial charge in [0.25, 0.3) is 0 Å². The normalized spacial score (nSPS) is 18.5. The largest absolute Gasteiger partial charge is 0.466 e. The molecule has 0 aromatic rings. The summed E-state index contributed by atoms with van der Waals surface area (Å²) in [5.41, 5.74) is 0. The molecule has 11 nitrogen and oxygen atoms in total. The number of aliphatic hydroxyl groups excluding tert-OH is 5. The van der Waals surface area contributed by atoms with Gasteiger partial charge < -0.3 is 45.1 Å². The van der Waals surface area contributed by atoms with Gasteiger partial charge in [-0.25, -0.2) is 0 Å². The van der Waals surface area contributed by atoms with Crippen LogP contribution in [0.2, 0.25) is 0 Å². The first-order valence-electron chi connectivity index (χ1n) is 34.0. The van der Waals surface area contributed by atoms with E-state index in [0.29, 0.717) is 19.4 Å². The smallest absolute Gasteiger partial charge is 0.305 e. The Bertz CT molecular complexity index is 1300. The van der Waals surface area contributed by atoms with Crippen molar-refractivity contribution in [2.75, 3.05) is 19.8 Å². The molecule has 7 atom stereocenters. The molecule has 0 aromatic heterocycles. The van der Waals surface area contributed by atoms with Crippen molar-refractivity contribution in [2.24, 2.45) is 0 Å². The molecule has 1 aliphatic rings. The molecule has 462 valence electrons. The number of amides is 1. The van der Waals surface area contributed by atoms with Crippen molar-refractivity contribution >= 4 is 11.9 Å². The van der Waals surface area contributed by atoms with Gasteiger partial charge in [0.1, 0.15) is 24.4 Å². The molecule has 0 bridgehead atoms. The Hall–Kier alpha value is -1.60. The van der Waals surface area contributed by atoms with Gasteiger partial charge in [-0.2, -0.15) is 0 Å². The molecule has 0 radical (unpaired) electrons. The number of hydrogen-bond acceptors (Lipinski definition) is 10. The molecule has 78 heavy (non-hydrogen) atoms. The van der Waals surface area contributed by atoms with Crippen LogP contribution in [-0.4, -0.2) is 100 Å². The monoisotopic (exact) mass is 1110 g/mol. The third kappa shape index (κ3) is 45.9. The van der Waals surface area contributed by atoms with Gasteiger partial charge in [-0.1, -0.05) is 309 Å². The molecule has 1 heterocycles. The fourth-order valence-electron chi connectivity index (χ4n) is 11.0. The zero-order valence-corrected chi connectivity index (χ0v) is 51.2. The molecule has 0 aromatic carbocycles. The van der Waals surface area contributed by atoms with Crippen LogP contribution in [0, 0.1) is 0 Å². The lowest BCUT2D eigenvalue weighted by Gasteiger charge is -2.40. The van der Waals surface area contributed by atoms with Crippen LogP contribution in [0.3, 0.4) is 0 Å². The minimum absolute atomic E-state index is 0.0118. The van der Waals surface area contributed by atoms with Gasteiger partial charge in [-0.05, 0) is 32.1 Å². The van der Waals surface area contributed by atoms with E-state index in [2.05, 4.69) is 19.2 Å². The van der Waals surface area contributed by atoms with E-state index < -0.39 is 49.5 Å². The Morgan fingerprint density at radius 2 is 0.808 bits per heavy atom. The van der Waals surface area contributed by atoms with E-state index in [-0.39, 0.29) is 18.5 Å². The maximum Gasteiger partial charge on any atom is 0.305 e. The fourth-order valence-corrected chi connectivity index (χ4v) is 11.0. The van der Waals surface area contributed by atoms with Crippen LogP contribution in [0.1, 0.15) is 341 Å². The first kappa shape index (κ1) is 74.4. The molecule has 6 N–H and O–H groups in total. The van der Waals surface area contributed by atoms with Gasteiger partial charge in [-0.3, -0.25) is 9.59 Å². The number of unbranched alkanes of at least 4 members (excludes halogenated alkanes) is 46. The van der Waals surface area contributed by atoms with Crippen LogP contribution in [0.4, 0.5) is 0 Å². The summed E-state index contributed by atoms with van der Waals surface area (Å²) in [5, 5.41) is 54.3. The number of carbonyl (C=O) groups is 2. The van der Waals surface area contributed by atoms with Crippen molar-refractivity contribution in [3.05, 3.63) is 12.2 Å². The summed E-state index contributed by atoms with van der Waals surface area (Å²) >= 11 is 0. The molecular weight excluding hydrogens is 979 g/mol. The lowest BCUT2D eigenvalue weighted by molar-refractivity contribution is -0.302. The van der Waals surface area contributed by atoms with Crippen molar-refractivity contribution in [2.45, 2.75) is 384 Å². The van der Waals surface area contributed by atoms with E-state index in [1.54, 1.807) is 6.08 Å². The zero-order valence-electron chi connectivity index (χ0n) is 51.2.